The molecule has 0 bridgehead atoms. The lowest BCUT2D eigenvalue weighted by atomic mass is 10.2. The van der Waals surface area contributed by atoms with Gasteiger partial charge in [0.15, 0.2) is 0 Å². The van der Waals surface area contributed by atoms with Crippen molar-refractivity contribution in [3.63, 3.8) is 0 Å². The van der Waals surface area contributed by atoms with E-state index in [1.54, 1.807) is 7.11 Å². The van der Waals surface area contributed by atoms with Crippen LogP contribution < -0.4 is 9.47 Å². The Balaban J connectivity index is 1.59. The van der Waals surface area contributed by atoms with Gasteiger partial charge in [0.1, 0.15) is 11.5 Å². The van der Waals surface area contributed by atoms with Crippen molar-refractivity contribution >= 4 is 0 Å². The molecule has 3 rings (SSSR count). The number of nitrogens with zero attached hydrogens (tertiary/aromatic N) is 3. The lowest BCUT2D eigenvalue weighted by Gasteiger charge is -2.14. The molecule has 3 aromatic rings. The van der Waals surface area contributed by atoms with Crippen LogP contribution in [0.1, 0.15) is 18.4 Å². The topological polar surface area (TPSA) is 60.6 Å². The maximum absolute atomic E-state index is 5.78. The van der Waals surface area contributed by atoms with Crippen LogP contribution in [0.5, 0.6) is 11.5 Å². The predicted molar refractivity (Wildman–Crippen MR) is 99.1 cm³/mol. The van der Waals surface area contributed by atoms with E-state index in [-0.39, 0.29) is 0 Å². The molecule has 0 N–H and O–H groups in total. The summed E-state index contributed by atoms with van der Waals surface area (Å²) in [7, 11) is 3.66. The summed E-state index contributed by atoms with van der Waals surface area (Å²) in [4.78, 5) is 2.13. The number of hydrogen-bond donors (Lipinski definition) is 0. The van der Waals surface area contributed by atoms with Crippen LogP contribution in [-0.4, -0.2) is 35.9 Å². The molecule has 26 heavy (non-hydrogen) atoms. The second kappa shape index (κ2) is 8.49. The Morgan fingerprint density at radius 1 is 0.923 bits per heavy atom. The van der Waals surface area contributed by atoms with Crippen molar-refractivity contribution in [1.29, 1.82) is 0 Å². The lowest BCUT2D eigenvalue weighted by Crippen LogP contribution is -2.17. The Morgan fingerprint density at radius 3 is 2.27 bits per heavy atom. The molecule has 1 heterocycles. The van der Waals surface area contributed by atoms with Crippen molar-refractivity contribution in [2.24, 2.45) is 0 Å². The van der Waals surface area contributed by atoms with Gasteiger partial charge in [0.2, 0.25) is 11.8 Å². The molecule has 6 nitrogen and oxygen atoms in total. The standard InChI is InChI=1S/C20H23N3O3/c1-4-25-18-9-5-15(6-10-18)13-23(2)14-19-21-22-20(26-19)16-7-11-17(24-3)12-8-16/h5-12H,4,13-14H2,1-3H3. The molecule has 0 spiro atoms. The number of ether oxygens (including phenoxy) is 2. The number of rotatable bonds is 8. The number of methoxy groups -OCH3 is 1. The monoisotopic (exact) mass is 353 g/mol. The minimum Gasteiger partial charge on any atom is -0.497 e. The molecular formula is C20H23N3O3. The van der Waals surface area contributed by atoms with Crippen LogP contribution in [0.15, 0.2) is 52.9 Å². The highest BCUT2D eigenvalue weighted by Crippen LogP contribution is 2.21. The highest BCUT2D eigenvalue weighted by atomic mass is 16.5. The molecule has 0 unspecified atom stereocenters. The summed E-state index contributed by atoms with van der Waals surface area (Å²) < 4.78 is 16.4. The Bertz CT molecular complexity index is 813. The molecule has 2 aromatic carbocycles. The third-order valence-corrected chi connectivity index (χ3v) is 3.90. The van der Waals surface area contributed by atoms with Crippen LogP contribution in [0.3, 0.4) is 0 Å². The van der Waals surface area contributed by atoms with E-state index in [0.717, 1.165) is 23.6 Å². The third kappa shape index (κ3) is 4.61. The van der Waals surface area contributed by atoms with E-state index >= 15 is 0 Å². The number of aromatic nitrogens is 2. The second-order valence-corrected chi connectivity index (χ2v) is 5.98. The largest absolute Gasteiger partial charge is 0.497 e. The van der Waals surface area contributed by atoms with Gasteiger partial charge in [-0.2, -0.15) is 0 Å². The molecule has 0 saturated carbocycles. The second-order valence-electron chi connectivity index (χ2n) is 5.98. The maximum atomic E-state index is 5.78. The molecular weight excluding hydrogens is 330 g/mol. The van der Waals surface area contributed by atoms with Crippen LogP contribution in [-0.2, 0) is 13.1 Å². The van der Waals surface area contributed by atoms with Gasteiger partial charge in [-0.05, 0) is 55.9 Å². The quantitative estimate of drug-likeness (QED) is 0.614. The Hall–Kier alpha value is -2.86. The zero-order valence-corrected chi connectivity index (χ0v) is 15.3. The van der Waals surface area contributed by atoms with Crippen LogP contribution >= 0.6 is 0 Å². The van der Waals surface area contributed by atoms with E-state index in [1.165, 1.54) is 5.56 Å². The summed E-state index contributed by atoms with van der Waals surface area (Å²) in [6.45, 7) is 4.02. The average Bonchev–Trinajstić information content (AvgIpc) is 3.12. The van der Waals surface area contributed by atoms with E-state index in [1.807, 2.05) is 50.4 Å². The molecule has 0 amide bonds. The van der Waals surface area contributed by atoms with Gasteiger partial charge in [-0.1, -0.05) is 12.1 Å². The molecule has 0 aliphatic rings. The normalized spacial score (nSPS) is 10.9. The molecule has 0 aliphatic heterocycles. The van der Waals surface area contributed by atoms with Crippen LogP contribution in [0.2, 0.25) is 0 Å². The van der Waals surface area contributed by atoms with Crippen LogP contribution in [0, 0.1) is 0 Å². The average molecular weight is 353 g/mol. The van der Waals surface area contributed by atoms with Gasteiger partial charge in [0.05, 0.1) is 20.3 Å². The Morgan fingerprint density at radius 2 is 1.62 bits per heavy atom. The number of benzene rings is 2. The van der Waals surface area contributed by atoms with Crippen LogP contribution in [0.25, 0.3) is 11.5 Å². The predicted octanol–water partition coefficient (Wildman–Crippen LogP) is 3.78. The van der Waals surface area contributed by atoms with Gasteiger partial charge in [0.25, 0.3) is 0 Å². The molecule has 0 saturated heterocycles. The fraction of sp³-hybridized carbons (Fsp3) is 0.300. The van der Waals surface area contributed by atoms with Crippen molar-refractivity contribution in [2.75, 3.05) is 20.8 Å². The zero-order valence-electron chi connectivity index (χ0n) is 15.3. The van der Waals surface area contributed by atoms with Crippen molar-refractivity contribution in [3.8, 4) is 23.0 Å². The summed E-state index contributed by atoms with van der Waals surface area (Å²) >= 11 is 0. The minimum atomic E-state index is 0.511. The first-order valence-electron chi connectivity index (χ1n) is 8.55. The van der Waals surface area contributed by atoms with E-state index < -0.39 is 0 Å². The maximum Gasteiger partial charge on any atom is 0.247 e. The van der Waals surface area contributed by atoms with Gasteiger partial charge < -0.3 is 13.9 Å². The van der Waals surface area contributed by atoms with Crippen molar-refractivity contribution in [3.05, 3.63) is 60.0 Å². The highest BCUT2D eigenvalue weighted by Gasteiger charge is 2.11. The summed E-state index contributed by atoms with van der Waals surface area (Å²) in [5.41, 5.74) is 2.07. The third-order valence-electron chi connectivity index (χ3n) is 3.90. The Labute approximate surface area is 153 Å². The van der Waals surface area contributed by atoms with Crippen molar-refractivity contribution in [1.82, 2.24) is 15.1 Å². The van der Waals surface area contributed by atoms with E-state index in [0.29, 0.717) is 24.9 Å². The molecule has 0 radical (unpaired) electrons. The van der Waals surface area contributed by atoms with Gasteiger partial charge in [-0.15, -0.1) is 10.2 Å². The SMILES string of the molecule is CCOc1ccc(CN(C)Cc2nnc(-c3ccc(OC)cc3)o2)cc1. The summed E-state index contributed by atoms with van der Waals surface area (Å²) in [6, 6.07) is 15.7. The summed E-state index contributed by atoms with van der Waals surface area (Å²) in [5, 5.41) is 8.28. The van der Waals surface area contributed by atoms with Gasteiger partial charge >= 0.3 is 0 Å². The van der Waals surface area contributed by atoms with Gasteiger partial charge in [-0.25, -0.2) is 0 Å². The van der Waals surface area contributed by atoms with Crippen LogP contribution in [0.4, 0.5) is 0 Å². The minimum absolute atomic E-state index is 0.511. The van der Waals surface area contributed by atoms with Gasteiger partial charge in [0, 0.05) is 12.1 Å². The first-order valence-corrected chi connectivity index (χ1v) is 8.55. The molecule has 1 aromatic heterocycles. The first-order chi connectivity index (χ1) is 12.7. The molecule has 0 atom stereocenters. The van der Waals surface area contributed by atoms with E-state index in [9.17, 15) is 0 Å². The smallest absolute Gasteiger partial charge is 0.247 e. The molecule has 136 valence electrons. The lowest BCUT2D eigenvalue weighted by molar-refractivity contribution is 0.282. The van der Waals surface area contributed by atoms with Crippen molar-refractivity contribution in [2.45, 2.75) is 20.0 Å². The van der Waals surface area contributed by atoms with Gasteiger partial charge in [-0.3, -0.25) is 4.90 Å². The van der Waals surface area contributed by atoms with E-state index in [2.05, 4.69) is 27.2 Å². The first kappa shape index (κ1) is 17.9. The summed E-state index contributed by atoms with van der Waals surface area (Å²) in [5.74, 6) is 2.78. The summed E-state index contributed by atoms with van der Waals surface area (Å²) in [6.07, 6.45) is 0. The fourth-order valence-electron chi connectivity index (χ4n) is 2.62. The Kier molecular flexibility index (Phi) is 5.86. The zero-order chi connectivity index (χ0) is 18.4. The highest BCUT2D eigenvalue weighted by molar-refractivity contribution is 5.53. The van der Waals surface area contributed by atoms with Crippen molar-refractivity contribution < 1.29 is 13.9 Å². The van der Waals surface area contributed by atoms with E-state index in [4.69, 9.17) is 13.9 Å². The fourth-order valence-corrected chi connectivity index (χ4v) is 2.62. The molecule has 6 heteroatoms. The number of hydrogen-bond acceptors (Lipinski definition) is 6. The molecule has 0 fully saturated rings. The molecule has 0 aliphatic carbocycles.